The molecule has 6 heterocycles. The minimum absolute atomic E-state index is 0.103. The second-order valence-electron chi connectivity index (χ2n) is 9.72. The SMILES string of the molecule is CC(C)N1CCN(c2ccc(Nc3cnc(-c4ccnc5c4ccn5C)c4c3C(=O)NC4)nc2)CC1. The first kappa shape index (κ1) is 22.5. The summed E-state index contributed by atoms with van der Waals surface area (Å²) in [5.74, 6) is 0.583. The van der Waals surface area contributed by atoms with Crippen molar-refractivity contribution in [3.05, 3.63) is 60.2 Å². The number of aryl methyl sites for hydroxylation is 1. The minimum Gasteiger partial charge on any atom is -0.368 e. The largest absolute Gasteiger partial charge is 0.368 e. The zero-order chi connectivity index (χ0) is 24.8. The zero-order valence-electron chi connectivity index (χ0n) is 20.8. The lowest BCUT2D eigenvalue weighted by Gasteiger charge is -2.38. The first-order valence-electron chi connectivity index (χ1n) is 12.4. The maximum atomic E-state index is 12.8. The molecule has 0 atom stereocenters. The van der Waals surface area contributed by atoms with E-state index in [0.717, 1.165) is 59.7 Å². The lowest BCUT2D eigenvalue weighted by atomic mass is 10.0. The molecular formula is C27H30N8O. The van der Waals surface area contributed by atoms with Gasteiger partial charge in [-0.2, -0.15) is 0 Å². The van der Waals surface area contributed by atoms with E-state index in [1.165, 1.54) is 0 Å². The van der Waals surface area contributed by atoms with E-state index in [1.54, 1.807) is 12.4 Å². The Balaban J connectivity index is 1.27. The predicted octanol–water partition coefficient (Wildman–Crippen LogP) is 3.55. The molecule has 1 amide bonds. The number of amides is 1. The zero-order valence-corrected chi connectivity index (χ0v) is 20.8. The second-order valence-corrected chi connectivity index (χ2v) is 9.72. The summed E-state index contributed by atoms with van der Waals surface area (Å²) in [6, 6.07) is 8.63. The van der Waals surface area contributed by atoms with Gasteiger partial charge in [0.25, 0.3) is 5.91 Å². The van der Waals surface area contributed by atoms with Crippen molar-refractivity contribution in [2.75, 3.05) is 36.4 Å². The Bertz CT molecular complexity index is 1430. The van der Waals surface area contributed by atoms with Crippen LogP contribution in [0.4, 0.5) is 17.2 Å². The average molecular weight is 483 g/mol. The van der Waals surface area contributed by atoms with Crippen molar-refractivity contribution in [1.82, 2.24) is 29.7 Å². The molecule has 0 unspecified atom stereocenters. The van der Waals surface area contributed by atoms with Crippen LogP contribution in [0.25, 0.3) is 22.3 Å². The van der Waals surface area contributed by atoms with E-state index < -0.39 is 0 Å². The van der Waals surface area contributed by atoms with Crippen molar-refractivity contribution in [3.8, 4) is 11.3 Å². The quantitative estimate of drug-likeness (QED) is 0.450. The molecule has 4 aromatic heterocycles. The molecule has 9 nitrogen and oxygen atoms in total. The summed E-state index contributed by atoms with van der Waals surface area (Å²) in [6.45, 7) is 9.04. The van der Waals surface area contributed by atoms with Crippen molar-refractivity contribution in [2.45, 2.75) is 26.4 Å². The summed E-state index contributed by atoms with van der Waals surface area (Å²) < 4.78 is 1.98. The highest BCUT2D eigenvalue weighted by molar-refractivity contribution is 6.06. The van der Waals surface area contributed by atoms with Crippen molar-refractivity contribution >= 4 is 34.1 Å². The summed E-state index contributed by atoms with van der Waals surface area (Å²) in [4.78, 5) is 31.6. The number of pyridine rings is 3. The Kier molecular flexibility index (Phi) is 5.56. The number of anilines is 3. The number of piperazine rings is 1. The lowest BCUT2D eigenvalue weighted by molar-refractivity contribution is 0.0966. The van der Waals surface area contributed by atoms with Crippen molar-refractivity contribution < 1.29 is 4.79 Å². The van der Waals surface area contributed by atoms with Crippen LogP contribution < -0.4 is 15.5 Å². The maximum Gasteiger partial charge on any atom is 0.254 e. The molecule has 0 aromatic carbocycles. The smallest absolute Gasteiger partial charge is 0.254 e. The van der Waals surface area contributed by atoms with Crippen LogP contribution >= 0.6 is 0 Å². The standard InChI is InChI=1S/C27H30N8O/c1-17(2)34-10-12-35(13-11-34)18-4-5-23(29-14-18)32-22-16-30-25(21-15-31-27(36)24(21)22)19-6-8-28-26-20(19)7-9-33(26)3/h4-9,14,16-17H,10-13,15H2,1-3H3,(H,29,32)(H,31,36). The van der Waals surface area contributed by atoms with Crippen LogP contribution in [0.1, 0.15) is 29.8 Å². The molecule has 2 N–H and O–H groups in total. The van der Waals surface area contributed by atoms with Crippen molar-refractivity contribution in [3.63, 3.8) is 0 Å². The Morgan fingerprint density at radius 1 is 1.00 bits per heavy atom. The number of carbonyl (C=O) groups is 1. The highest BCUT2D eigenvalue weighted by Crippen LogP contribution is 2.36. The third kappa shape index (κ3) is 3.85. The maximum absolute atomic E-state index is 12.8. The fourth-order valence-corrected chi connectivity index (χ4v) is 5.22. The van der Waals surface area contributed by atoms with Gasteiger partial charge in [-0.3, -0.25) is 14.7 Å². The summed E-state index contributed by atoms with van der Waals surface area (Å²) in [7, 11) is 1.97. The predicted molar refractivity (Wildman–Crippen MR) is 142 cm³/mol. The molecule has 6 rings (SSSR count). The molecule has 0 bridgehead atoms. The Labute approximate surface area is 210 Å². The normalized spacial score (nSPS) is 16.0. The van der Waals surface area contributed by atoms with Crippen LogP contribution in [0.5, 0.6) is 0 Å². The van der Waals surface area contributed by atoms with Gasteiger partial charge in [0.2, 0.25) is 0 Å². The molecule has 1 saturated heterocycles. The van der Waals surface area contributed by atoms with Gasteiger partial charge in [-0.1, -0.05) is 0 Å². The summed E-state index contributed by atoms with van der Waals surface area (Å²) in [5, 5.41) is 7.31. The van der Waals surface area contributed by atoms with Crippen LogP contribution in [0.2, 0.25) is 0 Å². The van der Waals surface area contributed by atoms with Gasteiger partial charge in [-0.05, 0) is 38.1 Å². The number of nitrogens with zero attached hydrogens (tertiary/aromatic N) is 6. The Hall–Kier alpha value is -3.98. The van der Waals surface area contributed by atoms with E-state index in [1.807, 2.05) is 42.2 Å². The van der Waals surface area contributed by atoms with Crippen LogP contribution in [0.15, 0.2) is 49.1 Å². The van der Waals surface area contributed by atoms with Crippen molar-refractivity contribution in [1.29, 1.82) is 0 Å². The van der Waals surface area contributed by atoms with E-state index >= 15 is 0 Å². The molecule has 0 radical (unpaired) electrons. The first-order chi connectivity index (χ1) is 17.5. The number of rotatable bonds is 5. The van der Waals surface area contributed by atoms with Gasteiger partial charge >= 0.3 is 0 Å². The van der Waals surface area contributed by atoms with E-state index in [-0.39, 0.29) is 5.91 Å². The highest BCUT2D eigenvalue weighted by Gasteiger charge is 2.28. The van der Waals surface area contributed by atoms with Gasteiger partial charge < -0.3 is 20.1 Å². The lowest BCUT2D eigenvalue weighted by Crippen LogP contribution is -2.48. The second kappa shape index (κ2) is 8.91. The molecule has 2 aliphatic heterocycles. The topological polar surface area (TPSA) is 91.2 Å². The number of fused-ring (bicyclic) bond motifs is 2. The van der Waals surface area contributed by atoms with Crippen LogP contribution in [0, 0.1) is 0 Å². The Morgan fingerprint density at radius 3 is 2.58 bits per heavy atom. The van der Waals surface area contributed by atoms with Gasteiger partial charge in [-0.15, -0.1) is 0 Å². The molecule has 36 heavy (non-hydrogen) atoms. The third-order valence-electron chi connectivity index (χ3n) is 7.28. The number of aromatic nitrogens is 4. The number of nitrogens with one attached hydrogen (secondary N) is 2. The minimum atomic E-state index is -0.103. The van der Waals surface area contributed by atoms with Crippen LogP contribution in [-0.4, -0.2) is 62.5 Å². The van der Waals surface area contributed by atoms with Gasteiger partial charge in [0, 0.05) is 74.7 Å². The molecule has 9 heteroatoms. The molecular weight excluding hydrogens is 452 g/mol. The number of carbonyl (C=O) groups excluding carboxylic acids is 1. The third-order valence-corrected chi connectivity index (χ3v) is 7.28. The van der Waals surface area contributed by atoms with E-state index in [9.17, 15) is 4.79 Å². The fraction of sp³-hybridized carbons (Fsp3) is 0.333. The summed E-state index contributed by atoms with van der Waals surface area (Å²) in [6.07, 6.45) is 7.41. The van der Waals surface area contributed by atoms with Crippen molar-refractivity contribution in [2.24, 2.45) is 7.05 Å². The summed E-state index contributed by atoms with van der Waals surface area (Å²) >= 11 is 0. The molecule has 0 aliphatic carbocycles. The highest BCUT2D eigenvalue weighted by atomic mass is 16.1. The molecule has 0 spiro atoms. The first-order valence-corrected chi connectivity index (χ1v) is 12.4. The summed E-state index contributed by atoms with van der Waals surface area (Å²) in [5.41, 5.74) is 5.95. The van der Waals surface area contributed by atoms with Crippen LogP contribution in [0.3, 0.4) is 0 Å². The molecule has 0 saturated carbocycles. The number of hydrogen-bond donors (Lipinski definition) is 2. The van der Waals surface area contributed by atoms with Gasteiger partial charge in [-0.25, -0.2) is 9.97 Å². The molecule has 184 valence electrons. The fourth-order valence-electron chi connectivity index (χ4n) is 5.22. The van der Waals surface area contributed by atoms with Gasteiger partial charge in [0.1, 0.15) is 11.5 Å². The van der Waals surface area contributed by atoms with E-state index in [0.29, 0.717) is 29.7 Å². The molecule has 2 aliphatic rings. The molecule has 4 aromatic rings. The van der Waals surface area contributed by atoms with Gasteiger partial charge in [0.05, 0.1) is 35.0 Å². The monoisotopic (exact) mass is 482 g/mol. The Morgan fingerprint density at radius 2 is 1.83 bits per heavy atom. The van der Waals surface area contributed by atoms with E-state index in [2.05, 4.69) is 50.3 Å². The molecule has 1 fully saturated rings. The average Bonchev–Trinajstić information content (AvgIpc) is 3.48. The number of hydrogen-bond acceptors (Lipinski definition) is 7. The van der Waals surface area contributed by atoms with Gasteiger partial charge in [0.15, 0.2) is 0 Å². The van der Waals surface area contributed by atoms with E-state index in [4.69, 9.17) is 4.98 Å². The van der Waals surface area contributed by atoms with Crippen LogP contribution in [-0.2, 0) is 13.6 Å².